The minimum Gasteiger partial charge on any atom is -0.462 e. The zero-order valence-electron chi connectivity index (χ0n) is 40.9. The Balaban J connectivity index is 4.35. The van der Waals surface area contributed by atoms with E-state index in [4.69, 9.17) is 14.2 Å². The molecule has 0 aromatic rings. The lowest BCUT2D eigenvalue weighted by Gasteiger charge is -2.18. The third-order valence-corrected chi connectivity index (χ3v) is 10.9. The number of allylic oxidation sites excluding steroid dienone is 14. The van der Waals surface area contributed by atoms with Crippen molar-refractivity contribution in [3.8, 4) is 0 Å². The number of ether oxygens (including phenoxy) is 3. The van der Waals surface area contributed by atoms with Gasteiger partial charge in [0.15, 0.2) is 6.10 Å². The first-order chi connectivity index (χ1) is 30.6. The third kappa shape index (κ3) is 49.7. The van der Waals surface area contributed by atoms with Gasteiger partial charge in [-0.15, -0.1) is 0 Å². The van der Waals surface area contributed by atoms with E-state index >= 15 is 0 Å². The van der Waals surface area contributed by atoms with Gasteiger partial charge in [-0.1, -0.05) is 209 Å². The highest BCUT2D eigenvalue weighted by molar-refractivity contribution is 5.70. The Morgan fingerprint density at radius 3 is 1.27 bits per heavy atom. The van der Waals surface area contributed by atoms with Gasteiger partial charge in [-0.25, -0.2) is 0 Å². The van der Waals surface area contributed by atoms with Crippen molar-refractivity contribution < 1.29 is 23.8 Å². The quantitative estimate of drug-likeness (QED) is 0.0346. The summed E-state index contributed by atoms with van der Waals surface area (Å²) in [5.41, 5.74) is 0. The van der Waals surface area contributed by atoms with Crippen LogP contribution in [0, 0.1) is 0 Å². The molecule has 0 bridgehead atoms. The standard InChI is InChI=1S/C57H98O5/c1-4-7-10-13-16-19-22-25-27-28-29-31-34-37-40-43-46-49-52-60-53-55(62-57(59)51-48-45-42-39-36-32-24-21-18-15-12-9-6-3)54-61-56(58)50-47-44-41-38-35-33-30-26-23-20-17-14-11-8-5-2/h9,12,16,18-19,21,25-27,30,32,36,42,45,55H,4-8,10-11,13-15,17,20,22-24,28-29,31,33-35,37-41,43-44,46-54H2,1-3H3/b12-9-,19-16-,21-18-,27-25-,30-26-,36-32-,45-42-. The lowest BCUT2D eigenvalue weighted by molar-refractivity contribution is -0.162. The molecule has 0 fully saturated rings. The van der Waals surface area contributed by atoms with E-state index in [0.717, 1.165) is 70.6 Å². The molecule has 0 heterocycles. The van der Waals surface area contributed by atoms with Gasteiger partial charge in [0.1, 0.15) is 6.61 Å². The van der Waals surface area contributed by atoms with Gasteiger partial charge in [-0.05, 0) is 103 Å². The number of hydrogen-bond acceptors (Lipinski definition) is 5. The van der Waals surface area contributed by atoms with E-state index in [2.05, 4.69) is 99.8 Å². The highest BCUT2D eigenvalue weighted by Gasteiger charge is 2.17. The molecule has 0 spiro atoms. The first-order valence-electron chi connectivity index (χ1n) is 26.1. The Labute approximate surface area is 384 Å². The van der Waals surface area contributed by atoms with Crippen LogP contribution in [0.4, 0.5) is 0 Å². The van der Waals surface area contributed by atoms with Crippen LogP contribution in [0.5, 0.6) is 0 Å². The topological polar surface area (TPSA) is 61.8 Å². The van der Waals surface area contributed by atoms with Crippen molar-refractivity contribution in [1.82, 2.24) is 0 Å². The number of hydrogen-bond donors (Lipinski definition) is 0. The predicted molar refractivity (Wildman–Crippen MR) is 270 cm³/mol. The molecule has 0 N–H and O–H groups in total. The van der Waals surface area contributed by atoms with E-state index in [1.165, 1.54) is 128 Å². The molecular formula is C57H98O5. The number of esters is 2. The van der Waals surface area contributed by atoms with Crippen LogP contribution in [-0.4, -0.2) is 37.9 Å². The van der Waals surface area contributed by atoms with Crippen LogP contribution < -0.4 is 0 Å². The summed E-state index contributed by atoms with van der Waals surface area (Å²) in [4.78, 5) is 25.3. The number of rotatable bonds is 47. The molecule has 0 rings (SSSR count). The van der Waals surface area contributed by atoms with E-state index in [-0.39, 0.29) is 25.2 Å². The fourth-order valence-electron chi connectivity index (χ4n) is 7.02. The molecule has 1 unspecified atom stereocenters. The average molecular weight is 863 g/mol. The fraction of sp³-hybridized carbons (Fsp3) is 0.719. The second-order valence-electron chi connectivity index (χ2n) is 17.0. The summed E-state index contributed by atoms with van der Waals surface area (Å²) in [5, 5.41) is 0. The Kier molecular flexibility index (Phi) is 50.0. The van der Waals surface area contributed by atoms with Crippen LogP contribution in [-0.2, 0) is 23.8 Å². The lowest BCUT2D eigenvalue weighted by atomic mass is 10.1. The third-order valence-electron chi connectivity index (χ3n) is 10.9. The van der Waals surface area contributed by atoms with E-state index in [1.807, 2.05) is 6.08 Å². The molecule has 0 aliphatic rings. The lowest BCUT2D eigenvalue weighted by Crippen LogP contribution is -2.30. The van der Waals surface area contributed by atoms with E-state index in [9.17, 15) is 9.59 Å². The molecule has 0 saturated carbocycles. The van der Waals surface area contributed by atoms with Crippen LogP contribution in [0.3, 0.4) is 0 Å². The second-order valence-corrected chi connectivity index (χ2v) is 17.0. The number of carbonyl (C=O) groups is 2. The molecule has 0 radical (unpaired) electrons. The molecular weight excluding hydrogens is 765 g/mol. The van der Waals surface area contributed by atoms with Gasteiger partial charge in [-0.3, -0.25) is 9.59 Å². The van der Waals surface area contributed by atoms with Gasteiger partial charge in [0, 0.05) is 19.4 Å². The van der Waals surface area contributed by atoms with Crippen LogP contribution in [0.25, 0.3) is 0 Å². The molecule has 356 valence electrons. The summed E-state index contributed by atoms with van der Waals surface area (Å²) < 4.78 is 17.3. The average Bonchev–Trinajstić information content (AvgIpc) is 3.27. The van der Waals surface area contributed by atoms with Gasteiger partial charge in [0.2, 0.25) is 0 Å². The molecule has 0 amide bonds. The number of carbonyl (C=O) groups excluding carboxylic acids is 2. The van der Waals surface area contributed by atoms with Gasteiger partial charge in [0.05, 0.1) is 6.61 Å². The minimum atomic E-state index is -0.583. The molecule has 0 aliphatic heterocycles. The van der Waals surface area contributed by atoms with Crippen LogP contribution in [0.15, 0.2) is 85.1 Å². The Bertz CT molecular complexity index is 1160. The molecule has 1 atom stereocenters. The summed E-state index contributed by atoms with van der Waals surface area (Å²) in [6.07, 6.45) is 68.9. The maximum atomic E-state index is 12.7. The van der Waals surface area contributed by atoms with Gasteiger partial charge in [0.25, 0.3) is 0 Å². The van der Waals surface area contributed by atoms with E-state index in [1.54, 1.807) is 0 Å². The number of unbranched alkanes of at least 4 members (excludes halogenated alkanes) is 22. The van der Waals surface area contributed by atoms with Crippen molar-refractivity contribution in [2.45, 2.75) is 245 Å². The molecule has 0 saturated heterocycles. The maximum absolute atomic E-state index is 12.7. The summed E-state index contributed by atoms with van der Waals surface area (Å²) in [5.74, 6) is -0.503. The first-order valence-corrected chi connectivity index (χ1v) is 26.1. The molecule has 0 aromatic carbocycles. The van der Waals surface area contributed by atoms with Crippen molar-refractivity contribution >= 4 is 11.9 Å². The van der Waals surface area contributed by atoms with Crippen LogP contribution in [0.2, 0.25) is 0 Å². The predicted octanol–water partition coefficient (Wildman–Crippen LogP) is 17.7. The van der Waals surface area contributed by atoms with Crippen molar-refractivity contribution in [1.29, 1.82) is 0 Å². The van der Waals surface area contributed by atoms with E-state index in [0.29, 0.717) is 25.9 Å². The van der Waals surface area contributed by atoms with Gasteiger partial charge in [-0.2, -0.15) is 0 Å². The molecule has 0 aromatic heterocycles. The molecule has 62 heavy (non-hydrogen) atoms. The van der Waals surface area contributed by atoms with Gasteiger partial charge >= 0.3 is 11.9 Å². The molecule has 0 aliphatic carbocycles. The smallest absolute Gasteiger partial charge is 0.306 e. The fourth-order valence-corrected chi connectivity index (χ4v) is 7.02. The molecule has 5 heteroatoms. The zero-order valence-corrected chi connectivity index (χ0v) is 40.9. The summed E-state index contributed by atoms with van der Waals surface area (Å²) >= 11 is 0. The monoisotopic (exact) mass is 863 g/mol. The molecule has 5 nitrogen and oxygen atoms in total. The normalized spacial score (nSPS) is 12.9. The highest BCUT2D eigenvalue weighted by atomic mass is 16.6. The maximum Gasteiger partial charge on any atom is 0.306 e. The highest BCUT2D eigenvalue weighted by Crippen LogP contribution is 2.13. The van der Waals surface area contributed by atoms with Crippen LogP contribution >= 0.6 is 0 Å². The minimum absolute atomic E-state index is 0.0472. The van der Waals surface area contributed by atoms with Crippen molar-refractivity contribution in [2.75, 3.05) is 19.8 Å². The first kappa shape index (κ1) is 59.1. The Morgan fingerprint density at radius 2 is 0.758 bits per heavy atom. The van der Waals surface area contributed by atoms with Crippen molar-refractivity contribution in [2.24, 2.45) is 0 Å². The van der Waals surface area contributed by atoms with Gasteiger partial charge < -0.3 is 14.2 Å². The zero-order chi connectivity index (χ0) is 44.9. The van der Waals surface area contributed by atoms with Crippen molar-refractivity contribution in [3.05, 3.63) is 85.1 Å². The van der Waals surface area contributed by atoms with E-state index < -0.39 is 6.10 Å². The summed E-state index contributed by atoms with van der Waals surface area (Å²) in [6, 6.07) is 0. The summed E-state index contributed by atoms with van der Waals surface area (Å²) in [7, 11) is 0. The Hall–Kier alpha value is -2.92. The van der Waals surface area contributed by atoms with Crippen LogP contribution in [0.1, 0.15) is 239 Å². The SMILES string of the molecule is CC/C=C\C/C=C\C/C=C\C/C=C\CCC(=O)OC(COCCCCCCCCCC/C=C\C/C=C\CCCCC)COC(=O)CCCCCCC/C=C\CCCCCCCC. The Morgan fingerprint density at radius 1 is 0.371 bits per heavy atom. The largest absolute Gasteiger partial charge is 0.462 e. The second kappa shape index (κ2) is 52.4. The van der Waals surface area contributed by atoms with Crippen molar-refractivity contribution in [3.63, 3.8) is 0 Å². The summed E-state index contributed by atoms with van der Waals surface area (Å²) in [6.45, 7) is 7.59.